The Bertz CT molecular complexity index is 1380. The number of ether oxygens (including phenoxy) is 2. The number of anilines is 1. The summed E-state index contributed by atoms with van der Waals surface area (Å²) in [6.45, 7) is 4.80. The number of hydrogen-bond donors (Lipinski definition) is 1. The monoisotopic (exact) mass is 614 g/mol. The van der Waals surface area contributed by atoms with Crippen LogP contribution in [-0.2, 0) is 20.4 Å². The van der Waals surface area contributed by atoms with Crippen molar-refractivity contribution in [2.24, 2.45) is 4.99 Å². The summed E-state index contributed by atoms with van der Waals surface area (Å²) in [5.74, 6) is -0.550. The second-order valence-electron chi connectivity index (χ2n) is 9.63. The molecule has 0 aliphatic carbocycles. The number of halogens is 5. The first-order valence-corrected chi connectivity index (χ1v) is 14.1. The first kappa shape index (κ1) is 29.6. The maximum atomic E-state index is 14.8. The lowest BCUT2D eigenvalue weighted by molar-refractivity contribution is -0.137. The van der Waals surface area contributed by atoms with E-state index < -0.39 is 30.0 Å². The maximum absolute atomic E-state index is 14.8. The minimum atomic E-state index is -4.79. The zero-order chi connectivity index (χ0) is 29.5. The van der Waals surface area contributed by atoms with E-state index in [1.165, 1.54) is 30.2 Å². The topological polar surface area (TPSA) is 77.8 Å². The van der Waals surface area contributed by atoms with Crippen LogP contribution in [0.2, 0.25) is 5.02 Å². The number of aliphatic hydroxyl groups is 1. The number of amidine groups is 1. The zero-order valence-corrected chi connectivity index (χ0v) is 23.5. The molecular formula is C27H27ClF4N4O4S. The molecule has 1 amide bonds. The van der Waals surface area contributed by atoms with E-state index in [-0.39, 0.29) is 57.4 Å². The quantitative estimate of drug-likeness (QED) is 0.303. The van der Waals surface area contributed by atoms with E-state index in [1.54, 1.807) is 9.80 Å². The third-order valence-corrected chi connectivity index (χ3v) is 8.63. The molecule has 2 atom stereocenters. The number of amides is 1. The van der Waals surface area contributed by atoms with Gasteiger partial charge in [0.05, 0.1) is 22.4 Å². The number of methoxy groups -OCH3 is 1. The predicted octanol–water partition coefficient (Wildman–Crippen LogP) is 4.43. The number of carbonyl (C=O) groups excluding carboxylic acids is 1. The summed E-state index contributed by atoms with van der Waals surface area (Å²) in [5, 5.41) is 10.9. The van der Waals surface area contributed by atoms with Crippen molar-refractivity contribution < 1.29 is 36.9 Å². The molecule has 1 N–H and O–H groups in total. The Balaban J connectivity index is 1.69. The molecule has 8 nitrogen and oxygen atoms in total. The molecular weight excluding hydrogens is 588 g/mol. The second kappa shape index (κ2) is 11.8. The van der Waals surface area contributed by atoms with Gasteiger partial charge >= 0.3 is 6.18 Å². The fourth-order valence-corrected chi connectivity index (χ4v) is 6.66. The van der Waals surface area contributed by atoms with Crippen LogP contribution >= 0.6 is 23.4 Å². The SMILES string of the molecule is C=CC(=O)N1CCN(C2=NC(O)N3CC(OCOC)CSc4c(-c5ccc(F)c(Cl)c5)c(C(F)(F)F)cc2c43)CC1. The predicted molar refractivity (Wildman–Crippen MR) is 148 cm³/mol. The summed E-state index contributed by atoms with van der Waals surface area (Å²) >= 11 is 7.16. The van der Waals surface area contributed by atoms with Gasteiger partial charge in [-0.05, 0) is 29.8 Å². The van der Waals surface area contributed by atoms with E-state index in [9.17, 15) is 27.5 Å². The van der Waals surface area contributed by atoms with Crippen molar-refractivity contribution >= 4 is 40.8 Å². The molecule has 3 aliphatic heterocycles. The lowest BCUT2D eigenvalue weighted by atomic mass is 9.93. The average molecular weight is 615 g/mol. The van der Waals surface area contributed by atoms with Gasteiger partial charge in [0, 0.05) is 61.6 Å². The summed E-state index contributed by atoms with van der Waals surface area (Å²) in [7, 11) is 1.46. The summed E-state index contributed by atoms with van der Waals surface area (Å²) in [6, 6.07) is 4.48. The van der Waals surface area contributed by atoms with Crippen LogP contribution in [0.4, 0.5) is 23.2 Å². The maximum Gasteiger partial charge on any atom is 0.417 e. The first-order valence-electron chi connectivity index (χ1n) is 12.7. The molecule has 0 saturated carbocycles. The highest BCUT2D eigenvalue weighted by Crippen LogP contribution is 2.51. The number of aliphatic hydroxyl groups excluding tert-OH is 1. The van der Waals surface area contributed by atoms with E-state index >= 15 is 0 Å². The van der Waals surface area contributed by atoms with Crippen LogP contribution in [0.15, 0.2) is 46.8 Å². The van der Waals surface area contributed by atoms with Crippen LogP contribution in [0.3, 0.4) is 0 Å². The zero-order valence-electron chi connectivity index (χ0n) is 22.0. The molecule has 3 aliphatic rings. The highest BCUT2D eigenvalue weighted by atomic mass is 35.5. The van der Waals surface area contributed by atoms with Gasteiger partial charge in [-0.25, -0.2) is 9.38 Å². The van der Waals surface area contributed by atoms with E-state index in [0.717, 1.165) is 23.9 Å². The Morgan fingerprint density at radius 3 is 2.63 bits per heavy atom. The van der Waals surface area contributed by atoms with E-state index in [0.29, 0.717) is 31.9 Å². The number of thioether (sulfide) groups is 1. The van der Waals surface area contributed by atoms with Crippen LogP contribution in [0, 0.1) is 5.82 Å². The smallest absolute Gasteiger partial charge is 0.359 e. The third kappa shape index (κ3) is 5.78. The lowest BCUT2D eigenvalue weighted by Gasteiger charge is -2.41. The number of aliphatic imine (C=N–C) groups is 1. The standard InChI is InChI=1S/C27H27ClF4N4O4S/c1-3-21(37)34-6-8-35(9-7-34)25-17-11-18(27(30,31)32)22(15-4-5-20(29)19(28)10-15)24-23(17)36(26(38)33-25)12-16(13-41-24)40-14-39-2/h3-5,10-11,16,26,38H,1,6-9,12-14H2,2H3. The molecule has 0 aromatic heterocycles. The summed E-state index contributed by atoms with van der Waals surface area (Å²) in [6.07, 6.45) is -5.51. The van der Waals surface area contributed by atoms with Gasteiger partial charge in [0.2, 0.25) is 12.3 Å². The number of nitrogens with zero attached hydrogens (tertiary/aromatic N) is 4. The molecule has 0 spiro atoms. The van der Waals surface area contributed by atoms with Gasteiger partial charge in [0.1, 0.15) is 18.4 Å². The Labute approximate surface area is 243 Å². The average Bonchev–Trinajstić information content (AvgIpc) is 3.15. The largest absolute Gasteiger partial charge is 0.417 e. The molecule has 0 radical (unpaired) electrons. The highest BCUT2D eigenvalue weighted by molar-refractivity contribution is 7.99. The summed E-state index contributed by atoms with van der Waals surface area (Å²) in [4.78, 5) is 21.6. The van der Waals surface area contributed by atoms with Gasteiger partial charge in [0.15, 0.2) is 0 Å². The Morgan fingerprint density at radius 1 is 1.27 bits per heavy atom. The van der Waals surface area contributed by atoms with Crippen molar-refractivity contribution in [2.75, 3.05) is 57.3 Å². The summed E-state index contributed by atoms with van der Waals surface area (Å²) in [5.41, 5.74) is -0.472. The molecule has 2 aromatic rings. The molecule has 1 fully saturated rings. The normalized spacial score (nSPS) is 20.9. The molecule has 220 valence electrons. The minimum absolute atomic E-state index is 0.0468. The van der Waals surface area contributed by atoms with Gasteiger partial charge in [-0.3, -0.25) is 4.79 Å². The number of rotatable bonds is 5. The molecule has 1 saturated heterocycles. The van der Waals surface area contributed by atoms with Crippen LogP contribution in [0.5, 0.6) is 0 Å². The highest BCUT2D eigenvalue weighted by Gasteiger charge is 2.43. The van der Waals surface area contributed by atoms with Crippen LogP contribution < -0.4 is 4.90 Å². The van der Waals surface area contributed by atoms with Crippen molar-refractivity contribution in [3.05, 3.63) is 58.9 Å². The van der Waals surface area contributed by atoms with Gasteiger partial charge in [-0.1, -0.05) is 24.2 Å². The molecule has 2 aromatic carbocycles. The molecule has 0 bridgehead atoms. The van der Waals surface area contributed by atoms with Crippen molar-refractivity contribution in [3.8, 4) is 11.1 Å². The van der Waals surface area contributed by atoms with Crippen molar-refractivity contribution in [3.63, 3.8) is 0 Å². The summed E-state index contributed by atoms with van der Waals surface area (Å²) < 4.78 is 69.1. The molecule has 2 unspecified atom stereocenters. The fourth-order valence-electron chi connectivity index (χ4n) is 5.19. The number of carbonyl (C=O) groups is 1. The minimum Gasteiger partial charge on any atom is -0.359 e. The van der Waals surface area contributed by atoms with E-state index in [2.05, 4.69) is 11.6 Å². The Kier molecular flexibility index (Phi) is 8.53. The molecule has 14 heteroatoms. The van der Waals surface area contributed by atoms with Gasteiger partial charge in [0.25, 0.3) is 0 Å². The van der Waals surface area contributed by atoms with E-state index in [1.807, 2.05) is 0 Å². The van der Waals surface area contributed by atoms with Crippen LogP contribution in [-0.4, -0.2) is 91.5 Å². The van der Waals surface area contributed by atoms with Crippen molar-refractivity contribution in [2.45, 2.75) is 23.5 Å². The van der Waals surface area contributed by atoms with Crippen LogP contribution in [0.25, 0.3) is 11.1 Å². The lowest BCUT2D eigenvalue weighted by Crippen LogP contribution is -2.53. The number of alkyl halides is 3. The van der Waals surface area contributed by atoms with E-state index in [4.69, 9.17) is 21.1 Å². The van der Waals surface area contributed by atoms with Crippen molar-refractivity contribution in [1.29, 1.82) is 0 Å². The second-order valence-corrected chi connectivity index (χ2v) is 11.1. The number of benzene rings is 2. The fraction of sp³-hybridized carbons (Fsp3) is 0.407. The third-order valence-electron chi connectivity index (χ3n) is 7.11. The Morgan fingerprint density at radius 2 is 2.00 bits per heavy atom. The molecule has 5 rings (SSSR count). The first-order chi connectivity index (χ1) is 19.5. The van der Waals surface area contributed by atoms with Crippen molar-refractivity contribution in [1.82, 2.24) is 9.80 Å². The number of hydrogen-bond acceptors (Lipinski definition) is 8. The van der Waals surface area contributed by atoms with Gasteiger partial charge in [-0.2, -0.15) is 13.2 Å². The van der Waals surface area contributed by atoms with Gasteiger partial charge < -0.3 is 29.3 Å². The molecule has 41 heavy (non-hydrogen) atoms. The van der Waals surface area contributed by atoms with Gasteiger partial charge in [-0.15, -0.1) is 11.8 Å². The number of piperazine rings is 1. The van der Waals surface area contributed by atoms with Crippen LogP contribution in [0.1, 0.15) is 11.1 Å². The Hall–Kier alpha value is -2.84. The molecule has 3 heterocycles.